The van der Waals surface area contributed by atoms with E-state index >= 15 is 0 Å². The number of anilines is 1. The summed E-state index contributed by atoms with van der Waals surface area (Å²) in [5.74, 6) is -0.354. The van der Waals surface area contributed by atoms with Gasteiger partial charge in [-0.3, -0.25) is 14.5 Å². The first-order valence-electron chi connectivity index (χ1n) is 6.00. The molecule has 1 atom stereocenters. The van der Waals surface area contributed by atoms with Gasteiger partial charge in [0.2, 0.25) is 5.91 Å². The van der Waals surface area contributed by atoms with Gasteiger partial charge in [-0.15, -0.1) is 0 Å². The predicted molar refractivity (Wildman–Crippen MR) is 69.4 cm³/mol. The largest absolute Gasteiger partial charge is 0.326 e. The zero-order valence-electron chi connectivity index (χ0n) is 10.8. The van der Waals surface area contributed by atoms with Crippen LogP contribution < -0.4 is 10.6 Å². The fraction of sp³-hybridized carbons (Fsp3) is 0.308. The Kier molecular flexibility index (Phi) is 3.50. The minimum Gasteiger partial charge on any atom is -0.326 e. The van der Waals surface area contributed by atoms with Crippen LogP contribution in [0.25, 0.3) is 0 Å². The molecule has 19 heavy (non-hydrogen) atoms. The number of hydrogen-bond donors (Lipinski definition) is 2. The molecule has 2 rings (SSSR count). The number of amides is 4. The van der Waals surface area contributed by atoms with Gasteiger partial charge < -0.3 is 10.6 Å². The molecular weight excluding hydrogens is 246 g/mol. The summed E-state index contributed by atoms with van der Waals surface area (Å²) in [6.07, 6.45) is 0.406. The normalized spacial score (nSPS) is 18.4. The van der Waals surface area contributed by atoms with Gasteiger partial charge in [-0.1, -0.05) is 19.1 Å². The second-order valence-electron chi connectivity index (χ2n) is 4.30. The molecule has 0 aliphatic carbocycles. The average Bonchev–Trinajstić information content (AvgIpc) is 2.67. The Balaban J connectivity index is 2.13. The molecule has 6 nitrogen and oxygen atoms in total. The second-order valence-corrected chi connectivity index (χ2v) is 4.30. The van der Waals surface area contributed by atoms with Crippen LogP contribution in [0, 0.1) is 0 Å². The van der Waals surface area contributed by atoms with Gasteiger partial charge in [-0.25, -0.2) is 4.79 Å². The standard InChI is InChI=1S/C13H15N3O3/c1-3-10(17)14-9-6-4-8(5-7-9)11-12(18)16(2)13(19)15-11/h4-7,11H,3H2,1-2H3,(H,14,17)(H,15,19). The van der Waals surface area contributed by atoms with Gasteiger partial charge in [0.25, 0.3) is 5.91 Å². The number of carbonyl (C=O) groups is 3. The summed E-state index contributed by atoms with van der Waals surface area (Å²) >= 11 is 0. The van der Waals surface area contributed by atoms with Crippen molar-refractivity contribution in [3.63, 3.8) is 0 Å². The number of urea groups is 1. The number of benzene rings is 1. The lowest BCUT2D eigenvalue weighted by atomic mass is 10.1. The molecule has 1 aromatic carbocycles. The summed E-state index contributed by atoms with van der Waals surface area (Å²) in [5.41, 5.74) is 1.36. The molecule has 1 saturated heterocycles. The summed E-state index contributed by atoms with van der Waals surface area (Å²) in [7, 11) is 1.44. The summed E-state index contributed by atoms with van der Waals surface area (Å²) in [6, 6.07) is 5.80. The van der Waals surface area contributed by atoms with Crippen LogP contribution in [0.1, 0.15) is 24.9 Å². The molecule has 2 N–H and O–H groups in total. The molecule has 1 aromatic rings. The van der Waals surface area contributed by atoms with Gasteiger partial charge in [-0.2, -0.15) is 0 Å². The smallest absolute Gasteiger partial charge is 0.324 e. The van der Waals surface area contributed by atoms with Gasteiger partial charge in [0, 0.05) is 19.2 Å². The van der Waals surface area contributed by atoms with E-state index in [4.69, 9.17) is 0 Å². The van der Waals surface area contributed by atoms with E-state index in [0.717, 1.165) is 4.90 Å². The molecule has 1 fully saturated rings. The quantitative estimate of drug-likeness (QED) is 0.804. The Bertz CT molecular complexity index is 524. The van der Waals surface area contributed by atoms with E-state index in [1.807, 2.05) is 0 Å². The third kappa shape index (κ3) is 2.57. The van der Waals surface area contributed by atoms with Crippen molar-refractivity contribution in [2.75, 3.05) is 12.4 Å². The Morgan fingerprint density at radius 2 is 1.95 bits per heavy atom. The number of likely N-dealkylation sites (N-methyl/N-ethyl adjacent to an activating group) is 1. The van der Waals surface area contributed by atoms with E-state index in [1.54, 1.807) is 31.2 Å². The maximum absolute atomic E-state index is 11.8. The first-order valence-corrected chi connectivity index (χ1v) is 6.00. The number of carbonyl (C=O) groups excluding carboxylic acids is 3. The molecule has 0 radical (unpaired) electrons. The van der Waals surface area contributed by atoms with Crippen molar-refractivity contribution < 1.29 is 14.4 Å². The number of rotatable bonds is 3. The lowest BCUT2D eigenvalue weighted by Crippen LogP contribution is -2.25. The van der Waals surface area contributed by atoms with Crippen LogP contribution in [0.3, 0.4) is 0 Å². The minimum atomic E-state index is -0.645. The lowest BCUT2D eigenvalue weighted by molar-refractivity contribution is -0.126. The topological polar surface area (TPSA) is 78.5 Å². The fourth-order valence-corrected chi connectivity index (χ4v) is 1.81. The summed E-state index contributed by atoms with van der Waals surface area (Å²) in [4.78, 5) is 35.4. The molecule has 1 unspecified atom stereocenters. The van der Waals surface area contributed by atoms with E-state index in [-0.39, 0.29) is 11.8 Å². The van der Waals surface area contributed by atoms with Crippen molar-refractivity contribution in [1.82, 2.24) is 10.2 Å². The van der Waals surface area contributed by atoms with Crippen LogP contribution >= 0.6 is 0 Å². The molecule has 6 heteroatoms. The van der Waals surface area contributed by atoms with Crippen molar-refractivity contribution in [1.29, 1.82) is 0 Å². The van der Waals surface area contributed by atoms with Crippen LogP contribution in [-0.4, -0.2) is 29.8 Å². The summed E-state index contributed by atoms with van der Waals surface area (Å²) in [5, 5.41) is 5.31. The minimum absolute atomic E-state index is 0.0715. The number of hydrogen-bond acceptors (Lipinski definition) is 3. The van der Waals surface area contributed by atoms with Crippen LogP contribution in [0.15, 0.2) is 24.3 Å². The number of nitrogens with one attached hydrogen (secondary N) is 2. The zero-order chi connectivity index (χ0) is 14.0. The lowest BCUT2D eigenvalue weighted by Gasteiger charge is -2.09. The van der Waals surface area contributed by atoms with Crippen molar-refractivity contribution in [3.8, 4) is 0 Å². The molecule has 0 bridgehead atoms. The highest BCUT2D eigenvalue weighted by molar-refractivity contribution is 6.04. The van der Waals surface area contributed by atoms with Crippen LogP contribution in [0.2, 0.25) is 0 Å². The SMILES string of the molecule is CCC(=O)Nc1ccc(C2NC(=O)N(C)C2=O)cc1. The van der Waals surface area contributed by atoms with E-state index in [9.17, 15) is 14.4 Å². The van der Waals surface area contributed by atoms with Gasteiger partial charge >= 0.3 is 6.03 Å². The number of nitrogens with zero attached hydrogens (tertiary/aromatic N) is 1. The van der Waals surface area contributed by atoms with Crippen molar-refractivity contribution >= 4 is 23.5 Å². The molecular formula is C13H15N3O3. The molecule has 0 saturated carbocycles. The van der Waals surface area contributed by atoms with Crippen molar-refractivity contribution in [2.45, 2.75) is 19.4 Å². The highest BCUT2D eigenvalue weighted by Gasteiger charge is 2.36. The molecule has 1 heterocycles. The Labute approximate surface area is 110 Å². The van der Waals surface area contributed by atoms with E-state index in [0.29, 0.717) is 17.7 Å². The maximum atomic E-state index is 11.8. The first kappa shape index (κ1) is 13.1. The van der Waals surface area contributed by atoms with Crippen LogP contribution in [-0.2, 0) is 9.59 Å². The van der Waals surface area contributed by atoms with Crippen molar-refractivity contribution in [3.05, 3.63) is 29.8 Å². The van der Waals surface area contributed by atoms with Crippen LogP contribution in [0.4, 0.5) is 10.5 Å². The molecule has 1 aliphatic rings. The summed E-state index contributed by atoms with van der Waals surface area (Å²) in [6.45, 7) is 1.77. The van der Waals surface area contributed by atoms with E-state index in [1.165, 1.54) is 7.05 Å². The second kappa shape index (κ2) is 5.09. The average molecular weight is 261 g/mol. The molecule has 0 aromatic heterocycles. The third-order valence-electron chi connectivity index (χ3n) is 3.00. The maximum Gasteiger partial charge on any atom is 0.324 e. The van der Waals surface area contributed by atoms with Gasteiger partial charge in [0.1, 0.15) is 6.04 Å². The third-order valence-corrected chi connectivity index (χ3v) is 3.00. The highest BCUT2D eigenvalue weighted by Crippen LogP contribution is 2.22. The Hall–Kier alpha value is -2.37. The monoisotopic (exact) mass is 261 g/mol. The van der Waals surface area contributed by atoms with E-state index < -0.39 is 12.1 Å². The Morgan fingerprint density at radius 3 is 2.42 bits per heavy atom. The van der Waals surface area contributed by atoms with Crippen molar-refractivity contribution in [2.24, 2.45) is 0 Å². The Morgan fingerprint density at radius 1 is 1.32 bits per heavy atom. The van der Waals surface area contributed by atoms with Crippen LogP contribution in [0.5, 0.6) is 0 Å². The summed E-state index contributed by atoms with van der Waals surface area (Å²) < 4.78 is 0. The predicted octanol–water partition coefficient (Wildman–Crippen LogP) is 1.26. The van der Waals surface area contributed by atoms with E-state index in [2.05, 4.69) is 10.6 Å². The highest BCUT2D eigenvalue weighted by atomic mass is 16.2. The molecule has 4 amide bonds. The molecule has 0 spiro atoms. The van der Waals surface area contributed by atoms with Gasteiger partial charge in [0.15, 0.2) is 0 Å². The number of imide groups is 1. The van der Waals surface area contributed by atoms with Gasteiger partial charge in [0.05, 0.1) is 0 Å². The van der Waals surface area contributed by atoms with Gasteiger partial charge in [-0.05, 0) is 17.7 Å². The molecule has 100 valence electrons. The molecule has 1 aliphatic heterocycles. The first-order chi connectivity index (χ1) is 9.02. The fourth-order valence-electron chi connectivity index (χ4n) is 1.81. The zero-order valence-corrected chi connectivity index (χ0v) is 10.8.